The minimum Gasteiger partial charge on any atom is -0.360 e. The summed E-state index contributed by atoms with van der Waals surface area (Å²) in [5, 5.41) is 9.70. The van der Waals surface area contributed by atoms with E-state index in [-0.39, 0.29) is 5.91 Å². The maximum Gasteiger partial charge on any atom is 0.260 e. The monoisotopic (exact) mass is 485 g/mol. The normalized spacial score (nSPS) is 19.5. The highest BCUT2D eigenvalue weighted by Gasteiger charge is 2.28. The average molecular weight is 486 g/mol. The van der Waals surface area contributed by atoms with Gasteiger partial charge in [-0.2, -0.15) is 11.3 Å². The average Bonchev–Trinajstić information content (AvgIpc) is 3.52. The fourth-order valence-electron chi connectivity index (χ4n) is 4.72. The molecule has 1 aliphatic carbocycles. The molecule has 0 radical (unpaired) electrons. The van der Waals surface area contributed by atoms with Crippen LogP contribution in [0, 0.1) is 5.92 Å². The molecule has 3 aromatic rings. The van der Waals surface area contributed by atoms with Crippen molar-refractivity contribution >= 4 is 40.2 Å². The summed E-state index contributed by atoms with van der Waals surface area (Å²) in [7, 11) is 0. The Morgan fingerprint density at radius 1 is 1.00 bits per heavy atom. The van der Waals surface area contributed by atoms with Gasteiger partial charge in [-0.1, -0.05) is 6.07 Å². The number of benzene rings is 1. The number of nitrogens with one attached hydrogen (secondary N) is 2. The molecular formula is C27H27N5O2S. The summed E-state index contributed by atoms with van der Waals surface area (Å²) >= 11 is 1.61. The van der Waals surface area contributed by atoms with Crippen molar-refractivity contribution in [3.63, 3.8) is 0 Å². The number of hydrogen-bond donors (Lipinski definition) is 2. The Morgan fingerprint density at radius 3 is 2.57 bits per heavy atom. The van der Waals surface area contributed by atoms with E-state index < -0.39 is 5.91 Å². The second-order valence-corrected chi connectivity index (χ2v) is 10.2. The van der Waals surface area contributed by atoms with Crippen LogP contribution in [0.25, 0.3) is 16.7 Å². The number of fused-ring (bicyclic) bond motifs is 1. The number of amides is 2. The highest BCUT2D eigenvalue weighted by atomic mass is 32.1. The largest absolute Gasteiger partial charge is 0.360 e. The van der Waals surface area contributed by atoms with E-state index in [0.29, 0.717) is 16.7 Å². The molecular weight excluding hydrogens is 458 g/mol. The van der Waals surface area contributed by atoms with Gasteiger partial charge in [-0.3, -0.25) is 19.8 Å². The third-order valence-corrected chi connectivity index (χ3v) is 7.60. The van der Waals surface area contributed by atoms with Crippen LogP contribution < -0.4 is 15.5 Å². The summed E-state index contributed by atoms with van der Waals surface area (Å²) in [6.07, 6.45) is 6.24. The molecule has 0 bridgehead atoms. The molecule has 35 heavy (non-hydrogen) atoms. The van der Waals surface area contributed by atoms with Gasteiger partial charge in [0.25, 0.3) is 11.8 Å². The second-order valence-electron chi connectivity index (χ2n) is 9.39. The van der Waals surface area contributed by atoms with Crippen LogP contribution in [0.3, 0.4) is 0 Å². The highest BCUT2D eigenvalue weighted by molar-refractivity contribution is 7.08. The van der Waals surface area contributed by atoms with E-state index in [2.05, 4.69) is 25.4 Å². The molecule has 8 heteroatoms. The molecule has 0 unspecified atom stereocenters. The van der Waals surface area contributed by atoms with Gasteiger partial charge in [0, 0.05) is 50.1 Å². The lowest BCUT2D eigenvalue weighted by Gasteiger charge is -2.35. The number of imide groups is 1. The summed E-state index contributed by atoms with van der Waals surface area (Å²) in [5.41, 5.74) is 4.37. The summed E-state index contributed by atoms with van der Waals surface area (Å²) in [5.74, 6) is 1.12. The van der Waals surface area contributed by atoms with Crippen LogP contribution in [-0.4, -0.2) is 54.4 Å². The molecule has 0 spiro atoms. The van der Waals surface area contributed by atoms with Crippen molar-refractivity contribution in [2.45, 2.75) is 12.8 Å². The van der Waals surface area contributed by atoms with Gasteiger partial charge in [-0.25, -0.2) is 4.98 Å². The van der Waals surface area contributed by atoms with Crippen molar-refractivity contribution in [2.24, 2.45) is 5.92 Å². The summed E-state index contributed by atoms with van der Waals surface area (Å²) in [4.78, 5) is 34.6. The number of pyridine rings is 1. The fourth-order valence-corrected chi connectivity index (χ4v) is 5.38. The van der Waals surface area contributed by atoms with Crippen LogP contribution in [0.2, 0.25) is 0 Å². The van der Waals surface area contributed by atoms with Crippen molar-refractivity contribution in [1.82, 2.24) is 15.2 Å². The van der Waals surface area contributed by atoms with Crippen molar-refractivity contribution in [2.75, 3.05) is 42.9 Å². The van der Waals surface area contributed by atoms with E-state index in [1.807, 2.05) is 41.1 Å². The maximum absolute atomic E-state index is 12.7. The van der Waals surface area contributed by atoms with Gasteiger partial charge in [0.1, 0.15) is 5.82 Å². The van der Waals surface area contributed by atoms with Crippen molar-refractivity contribution in [3.05, 3.63) is 70.7 Å². The van der Waals surface area contributed by atoms with Gasteiger partial charge < -0.3 is 10.2 Å². The van der Waals surface area contributed by atoms with Crippen LogP contribution in [0.4, 0.5) is 11.5 Å². The number of aromatic nitrogens is 1. The summed E-state index contributed by atoms with van der Waals surface area (Å²) in [6.45, 7) is 5.41. The van der Waals surface area contributed by atoms with Gasteiger partial charge >= 0.3 is 0 Å². The molecule has 2 fully saturated rings. The van der Waals surface area contributed by atoms with Crippen molar-refractivity contribution in [1.29, 1.82) is 0 Å². The zero-order valence-corrected chi connectivity index (χ0v) is 20.2. The first-order valence-electron chi connectivity index (χ1n) is 12.1. The number of anilines is 2. The quantitative estimate of drug-likeness (QED) is 0.405. The highest BCUT2D eigenvalue weighted by Crippen LogP contribution is 2.31. The van der Waals surface area contributed by atoms with Crippen molar-refractivity contribution in [3.8, 4) is 11.1 Å². The lowest BCUT2D eigenvalue weighted by Crippen LogP contribution is -2.47. The zero-order valence-electron chi connectivity index (χ0n) is 19.4. The van der Waals surface area contributed by atoms with E-state index in [0.717, 1.165) is 54.7 Å². The third-order valence-electron chi connectivity index (χ3n) is 6.92. The van der Waals surface area contributed by atoms with Crippen LogP contribution >= 0.6 is 11.3 Å². The molecule has 2 amide bonds. The first-order valence-corrected chi connectivity index (χ1v) is 13.0. The molecule has 1 aromatic carbocycles. The lowest BCUT2D eigenvalue weighted by atomic mass is 9.92. The molecule has 1 saturated heterocycles. The molecule has 2 aromatic heterocycles. The molecule has 3 aliphatic rings. The van der Waals surface area contributed by atoms with Crippen LogP contribution in [0.15, 0.2) is 59.6 Å². The van der Waals surface area contributed by atoms with Gasteiger partial charge in [0.05, 0.1) is 17.5 Å². The number of thiophene rings is 1. The molecule has 7 nitrogen and oxygen atoms in total. The standard InChI is InChI=1S/C27H27N5O2S/c33-26-22-5-3-19(20-7-12-35-17-20)13-23(22)24(27(34)30-26)15-28-21-4-6-25(29-14-21)32-10-8-31(9-11-32)16-18-1-2-18/h3-7,12-15,17-18,28H,1-2,8-11,16H2,(H,30,33,34). The number of carbonyl (C=O) groups is 2. The molecule has 1 saturated carbocycles. The van der Waals surface area contributed by atoms with E-state index in [9.17, 15) is 9.59 Å². The minimum absolute atomic E-state index is 0.373. The Labute approximate surface area is 208 Å². The molecule has 4 heterocycles. The number of hydrogen-bond acceptors (Lipinski definition) is 7. The Hall–Kier alpha value is -3.49. The predicted molar refractivity (Wildman–Crippen MR) is 139 cm³/mol. The Morgan fingerprint density at radius 2 is 1.86 bits per heavy atom. The fraction of sp³-hybridized carbons (Fsp3) is 0.296. The zero-order chi connectivity index (χ0) is 23.8. The van der Waals surface area contributed by atoms with E-state index in [4.69, 9.17) is 0 Å². The molecule has 178 valence electrons. The van der Waals surface area contributed by atoms with Crippen LogP contribution in [-0.2, 0) is 4.79 Å². The smallest absolute Gasteiger partial charge is 0.260 e. The van der Waals surface area contributed by atoms with E-state index >= 15 is 0 Å². The van der Waals surface area contributed by atoms with E-state index in [1.165, 1.54) is 19.4 Å². The number of carbonyl (C=O) groups excluding carboxylic acids is 2. The first kappa shape index (κ1) is 22.0. The van der Waals surface area contributed by atoms with E-state index in [1.54, 1.807) is 29.8 Å². The Kier molecular flexibility index (Phi) is 5.83. The third kappa shape index (κ3) is 4.72. The molecule has 2 N–H and O–H groups in total. The molecule has 2 aliphatic heterocycles. The van der Waals surface area contributed by atoms with Gasteiger partial charge in [0.2, 0.25) is 0 Å². The van der Waals surface area contributed by atoms with Crippen LogP contribution in [0.5, 0.6) is 0 Å². The van der Waals surface area contributed by atoms with Crippen molar-refractivity contribution < 1.29 is 9.59 Å². The molecule has 6 rings (SSSR count). The number of piperazine rings is 1. The van der Waals surface area contributed by atoms with Gasteiger partial charge in [-0.15, -0.1) is 0 Å². The van der Waals surface area contributed by atoms with Gasteiger partial charge in [-0.05, 0) is 71.0 Å². The number of rotatable bonds is 6. The van der Waals surface area contributed by atoms with Gasteiger partial charge in [0.15, 0.2) is 0 Å². The Balaban J connectivity index is 1.17. The molecule has 0 atom stereocenters. The maximum atomic E-state index is 12.7. The summed E-state index contributed by atoms with van der Waals surface area (Å²) < 4.78 is 0. The Bertz CT molecular complexity index is 1270. The number of nitrogens with zero attached hydrogens (tertiary/aromatic N) is 3. The topological polar surface area (TPSA) is 77.6 Å². The lowest BCUT2D eigenvalue weighted by molar-refractivity contribution is -0.114. The second kappa shape index (κ2) is 9.28. The van der Waals surface area contributed by atoms with Crippen LogP contribution in [0.1, 0.15) is 28.8 Å². The predicted octanol–water partition coefficient (Wildman–Crippen LogP) is 4.07. The first-order chi connectivity index (χ1) is 17.1. The SMILES string of the molecule is O=C1NC(=O)c2ccc(-c3ccsc3)cc2C1=CNc1ccc(N2CCN(CC3CC3)CC2)nc1. The summed E-state index contributed by atoms with van der Waals surface area (Å²) in [6, 6.07) is 11.6. The minimum atomic E-state index is -0.411.